The number of ether oxygens (including phenoxy) is 1. The Morgan fingerprint density at radius 2 is 1.40 bits per heavy atom. The summed E-state index contributed by atoms with van der Waals surface area (Å²) in [7, 11) is -0.725. The first kappa shape index (κ1) is 17.4. The van der Waals surface area contributed by atoms with Gasteiger partial charge in [-0.2, -0.15) is 0 Å². The van der Waals surface area contributed by atoms with Crippen LogP contribution in [-0.2, 0) is 4.74 Å². The average Bonchev–Trinajstić information content (AvgIpc) is 2.65. The van der Waals surface area contributed by atoms with Gasteiger partial charge in [0.05, 0.1) is 12.2 Å². The maximum Gasteiger partial charge on any atom is 0.338 e. The second kappa shape index (κ2) is 8.09. The number of hydrogen-bond acceptors (Lipinski definition) is 2. The van der Waals surface area contributed by atoms with Crippen LogP contribution in [0.4, 0.5) is 0 Å². The van der Waals surface area contributed by atoms with E-state index in [2.05, 4.69) is 54.6 Å². The van der Waals surface area contributed by atoms with Crippen LogP contribution in [0.3, 0.4) is 0 Å². The van der Waals surface area contributed by atoms with E-state index in [1.54, 1.807) is 0 Å². The molecule has 0 bridgehead atoms. The zero-order valence-corrected chi connectivity index (χ0v) is 15.4. The first-order valence-electron chi connectivity index (χ1n) is 8.39. The lowest BCUT2D eigenvalue weighted by Gasteiger charge is -2.22. The first-order valence-corrected chi connectivity index (χ1v) is 9.73. The summed E-state index contributed by atoms with van der Waals surface area (Å²) in [6, 6.07) is 26.9. The van der Waals surface area contributed by atoms with Crippen molar-refractivity contribution in [1.29, 1.82) is 0 Å². The molecular formula is C22H21O2P. The molecule has 3 heteroatoms. The second-order valence-electron chi connectivity index (χ2n) is 5.68. The molecule has 0 saturated heterocycles. The summed E-state index contributed by atoms with van der Waals surface area (Å²) in [6.07, 6.45) is 0. The Morgan fingerprint density at radius 1 is 0.840 bits per heavy atom. The van der Waals surface area contributed by atoms with Crippen molar-refractivity contribution in [2.45, 2.75) is 13.8 Å². The van der Waals surface area contributed by atoms with E-state index >= 15 is 0 Å². The van der Waals surface area contributed by atoms with Gasteiger partial charge in [0.15, 0.2) is 0 Å². The van der Waals surface area contributed by atoms with Crippen molar-refractivity contribution in [1.82, 2.24) is 0 Å². The summed E-state index contributed by atoms with van der Waals surface area (Å²) in [5.74, 6) is -0.252. The van der Waals surface area contributed by atoms with Crippen molar-refractivity contribution in [3.8, 4) is 0 Å². The normalized spacial score (nSPS) is 10.7. The summed E-state index contributed by atoms with van der Waals surface area (Å²) in [4.78, 5) is 12.3. The fourth-order valence-corrected chi connectivity index (χ4v) is 5.36. The van der Waals surface area contributed by atoms with Gasteiger partial charge in [0.1, 0.15) is 0 Å². The lowest BCUT2D eigenvalue weighted by Crippen LogP contribution is -2.24. The van der Waals surface area contributed by atoms with Gasteiger partial charge in [0.2, 0.25) is 0 Å². The lowest BCUT2D eigenvalue weighted by molar-refractivity contribution is 0.0525. The minimum atomic E-state index is -0.725. The molecule has 0 saturated carbocycles. The van der Waals surface area contributed by atoms with E-state index in [1.807, 2.05) is 38.1 Å². The molecule has 0 radical (unpaired) electrons. The van der Waals surface area contributed by atoms with Gasteiger partial charge in [-0.15, -0.1) is 0 Å². The van der Waals surface area contributed by atoms with Gasteiger partial charge in [-0.1, -0.05) is 72.8 Å². The zero-order chi connectivity index (χ0) is 17.6. The van der Waals surface area contributed by atoms with Crippen LogP contribution in [0.5, 0.6) is 0 Å². The van der Waals surface area contributed by atoms with Crippen molar-refractivity contribution in [3.05, 3.63) is 90.0 Å². The highest BCUT2D eigenvalue weighted by Crippen LogP contribution is 2.34. The van der Waals surface area contributed by atoms with Crippen LogP contribution >= 0.6 is 7.92 Å². The van der Waals surface area contributed by atoms with E-state index in [0.717, 1.165) is 5.56 Å². The van der Waals surface area contributed by atoms with Crippen LogP contribution in [0, 0.1) is 6.92 Å². The average molecular weight is 348 g/mol. The number of rotatable bonds is 5. The van der Waals surface area contributed by atoms with Gasteiger partial charge in [0.25, 0.3) is 0 Å². The van der Waals surface area contributed by atoms with Crippen molar-refractivity contribution in [2.75, 3.05) is 6.61 Å². The van der Waals surface area contributed by atoms with Crippen LogP contribution in [0.15, 0.2) is 78.9 Å². The molecule has 3 aromatic carbocycles. The highest BCUT2D eigenvalue weighted by molar-refractivity contribution is 7.79. The summed E-state index contributed by atoms with van der Waals surface area (Å²) >= 11 is 0. The summed E-state index contributed by atoms with van der Waals surface area (Å²) in [6.45, 7) is 4.23. The number of hydrogen-bond donors (Lipinski definition) is 0. The smallest absolute Gasteiger partial charge is 0.338 e. The monoisotopic (exact) mass is 348 g/mol. The van der Waals surface area contributed by atoms with Crippen LogP contribution in [-0.4, -0.2) is 12.6 Å². The SMILES string of the molecule is CCOC(=O)c1cccc(P(c2ccccc2)c2ccccc2)c1C. The topological polar surface area (TPSA) is 26.3 Å². The molecular weight excluding hydrogens is 327 g/mol. The molecule has 126 valence electrons. The molecule has 0 amide bonds. The zero-order valence-electron chi connectivity index (χ0n) is 14.5. The van der Waals surface area contributed by atoms with Gasteiger partial charge >= 0.3 is 5.97 Å². The Morgan fingerprint density at radius 3 is 1.92 bits per heavy atom. The predicted molar refractivity (Wildman–Crippen MR) is 106 cm³/mol. The molecule has 0 aliphatic heterocycles. The third-order valence-electron chi connectivity index (χ3n) is 4.07. The van der Waals surface area contributed by atoms with E-state index in [0.29, 0.717) is 12.2 Å². The first-order chi connectivity index (χ1) is 12.2. The number of carbonyl (C=O) groups excluding carboxylic acids is 1. The van der Waals surface area contributed by atoms with Crippen molar-refractivity contribution in [3.63, 3.8) is 0 Å². The predicted octanol–water partition coefficient (Wildman–Crippen LogP) is 3.93. The largest absolute Gasteiger partial charge is 0.462 e. The summed E-state index contributed by atoms with van der Waals surface area (Å²) in [5, 5.41) is 3.73. The van der Waals surface area contributed by atoms with Crippen molar-refractivity contribution in [2.24, 2.45) is 0 Å². The van der Waals surface area contributed by atoms with E-state index < -0.39 is 7.92 Å². The van der Waals surface area contributed by atoms with Crippen LogP contribution in [0.25, 0.3) is 0 Å². The molecule has 0 aliphatic rings. The Hall–Kier alpha value is -2.44. The quantitative estimate of drug-likeness (QED) is 0.516. The van der Waals surface area contributed by atoms with E-state index in [-0.39, 0.29) is 5.97 Å². The highest BCUT2D eigenvalue weighted by atomic mass is 31.1. The van der Waals surface area contributed by atoms with Gasteiger partial charge in [-0.25, -0.2) is 4.79 Å². The Bertz CT molecular complexity index is 805. The molecule has 0 unspecified atom stereocenters. The lowest BCUT2D eigenvalue weighted by atomic mass is 10.1. The third kappa shape index (κ3) is 3.81. The maximum atomic E-state index is 12.3. The van der Waals surface area contributed by atoms with Gasteiger partial charge < -0.3 is 4.74 Å². The molecule has 25 heavy (non-hydrogen) atoms. The standard InChI is InChI=1S/C22H21O2P/c1-3-24-22(23)20-15-10-16-21(17(20)2)25(18-11-6-4-7-12-18)19-13-8-5-9-14-19/h4-16H,3H2,1-2H3. The summed E-state index contributed by atoms with van der Waals surface area (Å²) < 4.78 is 5.22. The van der Waals surface area contributed by atoms with Crippen molar-refractivity contribution < 1.29 is 9.53 Å². The van der Waals surface area contributed by atoms with E-state index in [4.69, 9.17) is 4.74 Å². The molecule has 0 atom stereocenters. The van der Waals surface area contributed by atoms with Crippen LogP contribution in [0.2, 0.25) is 0 Å². The number of esters is 1. The fourth-order valence-electron chi connectivity index (χ4n) is 2.88. The highest BCUT2D eigenvalue weighted by Gasteiger charge is 2.21. The minimum Gasteiger partial charge on any atom is -0.462 e. The summed E-state index contributed by atoms with van der Waals surface area (Å²) in [5.41, 5.74) is 1.65. The van der Waals surface area contributed by atoms with E-state index in [9.17, 15) is 4.79 Å². The molecule has 3 aromatic rings. The Labute approximate surface area is 150 Å². The second-order valence-corrected chi connectivity index (χ2v) is 7.86. The molecule has 2 nitrogen and oxygen atoms in total. The van der Waals surface area contributed by atoms with Crippen molar-refractivity contribution >= 4 is 29.8 Å². The molecule has 0 fully saturated rings. The van der Waals surface area contributed by atoms with Crippen LogP contribution in [0.1, 0.15) is 22.8 Å². The van der Waals surface area contributed by atoms with Gasteiger partial charge in [-0.3, -0.25) is 0 Å². The van der Waals surface area contributed by atoms with Gasteiger partial charge in [-0.05, 0) is 49.3 Å². The molecule has 0 N–H and O–H groups in total. The molecule has 0 aromatic heterocycles. The minimum absolute atomic E-state index is 0.252. The Balaban J connectivity index is 2.15. The molecule has 3 rings (SSSR count). The third-order valence-corrected chi connectivity index (χ3v) is 6.67. The fraction of sp³-hybridized carbons (Fsp3) is 0.136. The number of carbonyl (C=O) groups is 1. The number of benzene rings is 3. The molecule has 0 heterocycles. The molecule has 0 aliphatic carbocycles. The van der Waals surface area contributed by atoms with E-state index in [1.165, 1.54) is 15.9 Å². The molecule has 0 spiro atoms. The van der Waals surface area contributed by atoms with Gasteiger partial charge in [0, 0.05) is 0 Å². The Kier molecular flexibility index (Phi) is 5.63. The maximum absolute atomic E-state index is 12.3. The van der Waals surface area contributed by atoms with Crippen LogP contribution < -0.4 is 15.9 Å².